The Morgan fingerprint density at radius 3 is 3.06 bits per heavy atom. The van der Waals surface area contributed by atoms with Crippen LogP contribution >= 0.6 is 15.9 Å². The SMILES string of the molecule is C/C=C/COc1nc(NCCC)ncc1Br. The number of halogens is 1. The quantitative estimate of drug-likeness (QED) is 0.817. The lowest BCUT2D eigenvalue weighted by atomic mass is 10.5. The van der Waals surface area contributed by atoms with E-state index in [4.69, 9.17) is 4.74 Å². The number of allylic oxidation sites excluding steroid dienone is 1. The molecular formula is C11H16BrN3O. The van der Waals surface area contributed by atoms with Gasteiger partial charge in [0.15, 0.2) is 0 Å². The van der Waals surface area contributed by atoms with Gasteiger partial charge in [-0.15, -0.1) is 0 Å². The minimum absolute atomic E-state index is 0.513. The number of rotatable bonds is 6. The molecule has 0 fully saturated rings. The largest absolute Gasteiger partial charge is 0.473 e. The number of anilines is 1. The van der Waals surface area contributed by atoms with E-state index in [2.05, 4.69) is 38.1 Å². The summed E-state index contributed by atoms with van der Waals surface area (Å²) in [6.07, 6.45) is 6.59. The molecule has 0 aliphatic rings. The summed E-state index contributed by atoms with van der Waals surface area (Å²) < 4.78 is 6.24. The van der Waals surface area contributed by atoms with Crippen molar-refractivity contribution < 1.29 is 4.74 Å². The molecule has 0 radical (unpaired) electrons. The van der Waals surface area contributed by atoms with Gasteiger partial charge in [-0.1, -0.05) is 19.1 Å². The van der Waals surface area contributed by atoms with Crippen LogP contribution in [0.1, 0.15) is 20.3 Å². The van der Waals surface area contributed by atoms with Crippen molar-refractivity contribution in [2.24, 2.45) is 0 Å². The maximum Gasteiger partial charge on any atom is 0.233 e. The Bertz CT molecular complexity index is 355. The molecule has 4 nitrogen and oxygen atoms in total. The van der Waals surface area contributed by atoms with Gasteiger partial charge in [0.2, 0.25) is 11.8 Å². The van der Waals surface area contributed by atoms with E-state index in [-0.39, 0.29) is 0 Å². The molecule has 1 N–H and O–H groups in total. The van der Waals surface area contributed by atoms with Crippen LogP contribution in [0.3, 0.4) is 0 Å². The molecule has 16 heavy (non-hydrogen) atoms. The first-order valence-corrected chi connectivity index (χ1v) is 6.07. The second-order valence-electron chi connectivity index (χ2n) is 3.15. The standard InChI is InChI=1S/C11H16BrN3O/c1-3-5-7-16-10-9(12)8-14-11(15-10)13-6-4-2/h3,5,8H,4,6-7H2,1-2H3,(H,13,14,15)/b5-3+. The van der Waals surface area contributed by atoms with E-state index < -0.39 is 0 Å². The van der Waals surface area contributed by atoms with E-state index in [1.54, 1.807) is 6.20 Å². The second-order valence-corrected chi connectivity index (χ2v) is 4.01. The number of hydrogen-bond acceptors (Lipinski definition) is 4. The van der Waals surface area contributed by atoms with Gasteiger partial charge in [-0.05, 0) is 29.3 Å². The highest BCUT2D eigenvalue weighted by atomic mass is 79.9. The van der Waals surface area contributed by atoms with Crippen LogP contribution in [-0.2, 0) is 0 Å². The number of nitrogens with zero attached hydrogens (tertiary/aromatic N) is 2. The van der Waals surface area contributed by atoms with Crippen molar-refractivity contribution in [3.05, 3.63) is 22.8 Å². The maximum atomic E-state index is 5.47. The lowest BCUT2D eigenvalue weighted by molar-refractivity contribution is 0.345. The molecule has 5 heteroatoms. The number of aromatic nitrogens is 2. The van der Waals surface area contributed by atoms with Crippen LogP contribution in [0.4, 0.5) is 5.95 Å². The molecule has 88 valence electrons. The summed E-state index contributed by atoms with van der Waals surface area (Å²) in [5, 5.41) is 3.11. The fourth-order valence-electron chi connectivity index (χ4n) is 0.998. The third-order valence-electron chi connectivity index (χ3n) is 1.80. The summed E-state index contributed by atoms with van der Waals surface area (Å²) in [6, 6.07) is 0. The highest BCUT2D eigenvalue weighted by Gasteiger charge is 2.04. The van der Waals surface area contributed by atoms with Gasteiger partial charge in [-0.2, -0.15) is 4.98 Å². The normalized spacial score (nSPS) is 10.7. The van der Waals surface area contributed by atoms with Crippen molar-refractivity contribution in [3.8, 4) is 5.88 Å². The van der Waals surface area contributed by atoms with Gasteiger partial charge in [0, 0.05) is 6.54 Å². The van der Waals surface area contributed by atoms with Crippen LogP contribution in [0.5, 0.6) is 5.88 Å². The molecule has 0 saturated carbocycles. The Morgan fingerprint density at radius 1 is 1.56 bits per heavy atom. The van der Waals surface area contributed by atoms with Gasteiger partial charge < -0.3 is 10.1 Å². The topological polar surface area (TPSA) is 47.0 Å². The highest BCUT2D eigenvalue weighted by Crippen LogP contribution is 2.22. The highest BCUT2D eigenvalue weighted by molar-refractivity contribution is 9.10. The molecule has 1 heterocycles. The van der Waals surface area contributed by atoms with Gasteiger partial charge in [-0.3, -0.25) is 0 Å². The van der Waals surface area contributed by atoms with Gasteiger partial charge >= 0.3 is 0 Å². The average Bonchev–Trinajstić information content (AvgIpc) is 2.30. The predicted molar refractivity (Wildman–Crippen MR) is 68.8 cm³/mol. The van der Waals surface area contributed by atoms with E-state index in [0.29, 0.717) is 18.4 Å². The summed E-state index contributed by atoms with van der Waals surface area (Å²) in [6.45, 7) is 5.41. The fraction of sp³-hybridized carbons (Fsp3) is 0.455. The average molecular weight is 286 g/mol. The third kappa shape index (κ3) is 4.18. The first-order valence-electron chi connectivity index (χ1n) is 5.28. The zero-order valence-corrected chi connectivity index (χ0v) is 11.1. The van der Waals surface area contributed by atoms with Gasteiger partial charge in [0.25, 0.3) is 0 Å². The van der Waals surface area contributed by atoms with Crippen molar-refractivity contribution in [2.45, 2.75) is 20.3 Å². The molecule has 0 spiro atoms. The Labute approximate surface area is 104 Å². The van der Waals surface area contributed by atoms with Crippen LogP contribution in [0.2, 0.25) is 0 Å². The Balaban J connectivity index is 2.66. The summed E-state index contributed by atoms with van der Waals surface area (Å²) in [5.41, 5.74) is 0. The van der Waals surface area contributed by atoms with Gasteiger partial charge in [0.05, 0.1) is 10.7 Å². The summed E-state index contributed by atoms with van der Waals surface area (Å²) in [5.74, 6) is 1.16. The molecule has 0 saturated heterocycles. The monoisotopic (exact) mass is 285 g/mol. The van der Waals surface area contributed by atoms with E-state index >= 15 is 0 Å². The molecule has 1 aromatic heterocycles. The minimum Gasteiger partial charge on any atom is -0.473 e. The molecular weight excluding hydrogens is 270 g/mol. The lowest BCUT2D eigenvalue weighted by Gasteiger charge is -2.07. The second kappa shape index (κ2) is 7.22. The molecule has 0 unspecified atom stereocenters. The number of nitrogens with one attached hydrogen (secondary N) is 1. The zero-order valence-electron chi connectivity index (χ0n) is 9.53. The van der Waals surface area contributed by atoms with E-state index in [1.807, 2.05) is 19.1 Å². The molecule has 0 bridgehead atoms. The van der Waals surface area contributed by atoms with Crippen LogP contribution in [0.25, 0.3) is 0 Å². The van der Waals surface area contributed by atoms with Crippen LogP contribution in [0.15, 0.2) is 22.8 Å². The first kappa shape index (κ1) is 13.0. The molecule has 0 aliphatic heterocycles. The molecule has 0 aromatic carbocycles. The van der Waals surface area contributed by atoms with E-state index in [1.165, 1.54) is 0 Å². The van der Waals surface area contributed by atoms with Crippen LogP contribution < -0.4 is 10.1 Å². The number of hydrogen-bond donors (Lipinski definition) is 1. The van der Waals surface area contributed by atoms with Crippen LogP contribution in [-0.4, -0.2) is 23.1 Å². The van der Waals surface area contributed by atoms with Gasteiger partial charge in [0.1, 0.15) is 6.61 Å². The van der Waals surface area contributed by atoms with E-state index in [9.17, 15) is 0 Å². The number of ether oxygens (including phenoxy) is 1. The summed E-state index contributed by atoms with van der Waals surface area (Å²) in [4.78, 5) is 8.39. The summed E-state index contributed by atoms with van der Waals surface area (Å²) in [7, 11) is 0. The molecule has 0 atom stereocenters. The third-order valence-corrected chi connectivity index (χ3v) is 2.34. The molecule has 0 aliphatic carbocycles. The molecule has 1 rings (SSSR count). The van der Waals surface area contributed by atoms with Crippen molar-refractivity contribution >= 4 is 21.9 Å². The Hall–Kier alpha value is -1.10. The van der Waals surface area contributed by atoms with Crippen molar-refractivity contribution in [3.63, 3.8) is 0 Å². The van der Waals surface area contributed by atoms with Crippen molar-refractivity contribution in [1.82, 2.24) is 9.97 Å². The fourth-order valence-corrected chi connectivity index (χ4v) is 1.30. The minimum atomic E-state index is 0.513. The first-order chi connectivity index (χ1) is 7.77. The zero-order chi connectivity index (χ0) is 11.8. The lowest BCUT2D eigenvalue weighted by Crippen LogP contribution is -2.06. The molecule has 0 amide bonds. The Morgan fingerprint density at radius 2 is 2.38 bits per heavy atom. The van der Waals surface area contributed by atoms with Crippen molar-refractivity contribution in [1.29, 1.82) is 0 Å². The van der Waals surface area contributed by atoms with E-state index in [0.717, 1.165) is 17.4 Å². The smallest absolute Gasteiger partial charge is 0.233 e. The maximum absolute atomic E-state index is 5.47. The van der Waals surface area contributed by atoms with Gasteiger partial charge in [-0.25, -0.2) is 4.98 Å². The predicted octanol–water partition coefficient (Wildman–Crippen LogP) is 3.02. The Kier molecular flexibility index (Phi) is 5.85. The summed E-state index contributed by atoms with van der Waals surface area (Å²) >= 11 is 3.35. The van der Waals surface area contributed by atoms with Crippen LogP contribution in [0, 0.1) is 0 Å². The molecule has 1 aromatic rings. The van der Waals surface area contributed by atoms with Crippen molar-refractivity contribution in [2.75, 3.05) is 18.5 Å².